The first-order chi connectivity index (χ1) is 10.8. The van der Waals surface area contributed by atoms with E-state index in [-0.39, 0.29) is 12.4 Å². The lowest BCUT2D eigenvalue weighted by molar-refractivity contribution is 0.584. The molecule has 1 aliphatic carbocycles. The van der Waals surface area contributed by atoms with Gasteiger partial charge in [0.05, 0.1) is 5.25 Å². The molecule has 1 aliphatic rings. The maximum absolute atomic E-state index is 3.50. The first kappa shape index (κ1) is 16.4. The molecular weight excluding hydrogens is 322 g/mol. The predicted octanol–water partition coefficient (Wildman–Crippen LogP) is 5.24. The minimum atomic E-state index is 0. The third-order valence-corrected chi connectivity index (χ3v) is 5.88. The monoisotopic (exact) mass is 341 g/mol. The normalized spacial score (nSPS) is 19.3. The minimum Gasteiger partial charge on any atom is -0.315 e. The van der Waals surface area contributed by atoms with Crippen LogP contribution in [-0.4, -0.2) is 13.1 Å². The predicted molar refractivity (Wildman–Crippen MR) is 103 cm³/mol. The van der Waals surface area contributed by atoms with Crippen LogP contribution in [0.5, 0.6) is 0 Å². The second-order valence-corrected chi connectivity index (χ2v) is 7.06. The topological polar surface area (TPSA) is 12.0 Å². The number of thioether (sulfide) groups is 1. The van der Waals surface area contributed by atoms with Gasteiger partial charge in [-0.1, -0.05) is 54.6 Å². The fourth-order valence-electron chi connectivity index (χ4n) is 3.34. The van der Waals surface area contributed by atoms with Crippen LogP contribution in [0, 0.1) is 0 Å². The molecule has 3 heteroatoms. The van der Waals surface area contributed by atoms with Gasteiger partial charge in [-0.3, -0.25) is 0 Å². The van der Waals surface area contributed by atoms with Crippen LogP contribution in [0.3, 0.4) is 0 Å². The SMILES string of the molecule is CNC1Cc2ccccc2C1Sc1ccc2ccccc2c1.Cl. The first-order valence-electron chi connectivity index (χ1n) is 7.76. The Morgan fingerprint density at radius 3 is 2.48 bits per heavy atom. The zero-order valence-corrected chi connectivity index (χ0v) is 14.7. The van der Waals surface area contributed by atoms with Gasteiger partial charge in [-0.2, -0.15) is 0 Å². The zero-order chi connectivity index (χ0) is 14.9. The molecule has 0 fully saturated rings. The Balaban J connectivity index is 0.00000156. The van der Waals surface area contributed by atoms with E-state index in [1.54, 1.807) is 0 Å². The third kappa shape index (κ3) is 3.12. The highest BCUT2D eigenvalue weighted by molar-refractivity contribution is 7.99. The summed E-state index contributed by atoms with van der Waals surface area (Å²) in [4.78, 5) is 1.35. The molecule has 4 rings (SSSR count). The standard InChI is InChI=1S/C20H19NS.ClH/c1-21-19-13-16-8-4-5-9-18(16)20(19)22-17-11-10-14-6-2-3-7-15(14)12-17;/h2-12,19-21H,13H2,1H3;1H. The van der Waals surface area contributed by atoms with Gasteiger partial charge in [0.25, 0.3) is 0 Å². The van der Waals surface area contributed by atoms with Crippen molar-refractivity contribution in [3.05, 3.63) is 77.9 Å². The van der Waals surface area contributed by atoms with Crippen molar-refractivity contribution in [3.8, 4) is 0 Å². The molecular formula is C20H20ClNS. The molecule has 0 heterocycles. The number of likely N-dealkylation sites (N-methyl/N-ethyl adjacent to an activating group) is 1. The quantitative estimate of drug-likeness (QED) is 0.699. The number of hydrogen-bond donors (Lipinski definition) is 1. The molecule has 0 spiro atoms. The molecule has 23 heavy (non-hydrogen) atoms. The van der Waals surface area contributed by atoms with Crippen LogP contribution in [0.25, 0.3) is 10.8 Å². The summed E-state index contributed by atoms with van der Waals surface area (Å²) in [6, 6.07) is 24.7. The van der Waals surface area contributed by atoms with E-state index in [0.717, 1.165) is 6.42 Å². The third-order valence-electron chi connectivity index (χ3n) is 4.52. The second-order valence-electron chi connectivity index (χ2n) is 5.85. The Kier molecular flexibility index (Phi) is 4.96. The van der Waals surface area contributed by atoms with Crippen LogP contribution in [0.2, 0.25) is 0 Å². The first-order valence-corrected chi connectivity index (χ1v) is 8.63. The number of fused-ring (bicyclic) bond motifs is 2. The number of hydrogen-bond acceptors (Lipinski definition) is 2. The van der Waals surface area contributed by atoms with E-state index >= 15 is 0 Å². The largest absolute Gasteiger partial charge is 0.315 e. The van der Waals surface area contributed by atoms with Crippen molar-refractivity contribution in [1.29, 1.82) is 0 Å². The zero-order valence-electron chi connectivity index (χ0n) is 13.0. The number of rotatable bonds is 3. The average molecular weight is 342 g/mol. The molecule has 2 atom stereocenters. The fraction of sp³-hybridized carbons (Fsp3) is 0.200. The molecule has 0 bridgehead atoms. The van der Waals surface area contributed by atoms with Gasteiger partial charge >= 0.3 is 0 Å². The van der Waals surface area contributed by atoms with Crippen LogP contribution in [0.1, 0.15) is 16.4 Å². The van der Waals surface area contributed by atoms with Gasteiger partial charge in [0.15, 0.2) is 0 Å². The summed E-state index contributed by atoms with van der Waals surface area (Å²) in [7, 11) is 2.07. The van der Waals surface area contributed by atoms with Gasteiger partial charge < -0.3 is 5.32 Å². The van der Waals surface area contributed by atoms with Crippen molar-refractivity contribution in [2.24, 2.45) is 0 Å². The van der Waals surface area contributed by atoms with Gasteiger partial charge in [-0.15, -0.1) is 24.2 Å². The smallest absolute Gasteiger partial charge is 0.0503 e. The van der Waals surface area contributed by atoms with E-state index in [9.17, 15) is 0 Å². The summed E-state index contributed by atoms with van der Waals surface area (Å²) >= 11 is 1.98. The fourth-order valence-corrected chi connectivity index (χ4v) is 4.73. The van der Waals surface area contributed by atoms with Crippen molar-refractivity contribution in [2.45, 2.75) is 22.6 Å². The minimum absolute atomic E-state index is 0. The molecule has 2 unspecified atom stereocenters. The second kappa shape index (κ2) is 6.96. The molecule has 1 N–H and O–H groups in total. The number of benzene rings is 3. The maximum atomic E-state index is 3.50. The van der Waals surface area contributed by atoms with E-state index < -0.39 is 0 Å². The Morgan fingerprint density at radius 1 is 0.913 bits per heavy atom. The molecule has 0 aliphatic heterocycles. The number of halogens is 1. The van der Waals surface area contributed by atoms with Crippen LogP contribution in [-0.2, 0) is 6.42 Å². The van der Waals surface area contributed by atoms with Gasteiger partial charge in [0.2, 0.25) is 0 Å². The van der Waals surface area contributed by atoms with Crippen molar-refractivity contribution >= 4 is 34.9 Å². The summed E-state index contributed by atoms with van der Waals surface area (Å²) in [5.41, 5.74) is 2.97. The summed E-state index contributed by atoms with van der Waals surface area (Å²) in [6.07, 6.45) is 1.12. The Labute approximate surface area is 147 Å². The molecule has 0 amide bonds. The van der Waals surface area contributed by atoms with E-state index in [2.05, 4.69) is 79.1 Å². The lowest BCUT2D eigenvalue weighted by Crippen LogP contribution is -2.27. The maximum Gasteiger partial charge on any atom is 0.0503 e. The van der Waals surface area contributed by atoms with E-state index in [1.807, 2.05) is 11.8 Å². The summed E-state index contributed by atoms with van der Waals surface area (Å²) in [6.45, 7) is 0. The summed E-state index contributed by atoms with van der Waals surface area (Å²) in [5.74, 6) is 0. The van der Waals surface area contributed by atoms with Crippen molar-refractivity contribution in [1.82, 2.24) is 5.32 Å². The van der Waals surface area contributed by atoms with Crippen LogP contribution in [0.4, 0.5) is 0 Å². The van der Waals surface area contributed by atoms with Crippen molar-refractivity contribution < 1.29 is 0 Å². The van der Waals surface area contributed by atoms with Crippen molar-refractivity contribution in [2.75, 3.05) is 7.05 Å². The van der Waals surface area contributed by atoms with Crippen LogP contribution < -0.4 is 5.32 Å². The van der Waals surface area contributed by atoms with Crippen molar-refractivity contribution in [3.63, 3.8) is 0 Å². The highest BCUT2D eigenvalue weighted by Crippen LogP contribution is 2.45. The molecule has 0 saturated carbocycles. The lowest BCUT2D eigenvalue weighted by atomic mass is 10.1. The Bertz CT molecular complexity index is 817. The molecule has 3 aromatic carbocycles. The van der Waals surface area contributed by atoms with Gasteiger partial charge in [-0.05, 0) is 47.5 Å². The van der Waals surface area contributed by atoms with E-state index in [1.165, 1.54) is 26.8 Å². The summed E-state index contributed by atoms with van der Waals surface area (Å²) in [5, 5.41) is 6.61. The van der Waals surface area contributed by atoms with Gasteiger partial charge in [-0.25, -0.2) is 0 Å². The molecule has 0 saturated heterocycles. The molecule has 3 aromatic rings. The molecule has 1 nitrogen and oxygen atoms in total. The van der Waals surface area contributed by atoms with Crippen LogP contribution in [0.15, 0.2) is 71.6 Å². The van der Waals surface area contributed by atoms with Gasteiger partial charge in [0, 0.05) is 10.9 Å². The van der Waals surface area contributed by atoms with E-state index in [4.69, 9.17) is 0 Å². The summed E-state index contributed by atoms with van der Waals surface area (Å²) < 4.78 is 0. The average Bonchev–Trinajstić information content (AvgIpc) is 2.93. The Morgan fingerprint density at radius 2 is 1.65 bits per heavy atom. The lowest BCUT2D eigenvalue weighted by Gasteiger charge is -2.19. The molecule has 118 valence electrons. The Hall–Kier alpha value is -1.48. The highest BCUT2D eigenvalue weighted by Gasteiger charge is 2.31. The number of nitrogens with one attached hydrogen (secondary N) is 1. The highest BCUT2D eigenvalue weighted by atomic mass is 35.5. The molecule has 0 radical (unpaired) electrons. The van der Waals surface area contributed by atoms with Crippen LogP contribution >= 0.6 is 24.2 Å². The van der Waals surface area contributed by atoms with Gasteiger partial charge in [0.1, 0.15) is 0 Å². The van der Waals surface area contributed by atoms with E-state index in [0.29, 0.717) is 11.3 Å². The molecule has 0 aromatic heterocycles.